The summed E-state index contributed by atoms with van der Waals surface area (Å²) in [4.78, 5) is 11.7. The van der Waals surface area contributed by atoms with Crippen molar-refractivity contribution in [3.8, 4) is 11.5 Å². The van der Waals surface area contributed by atoms with Crippen molar-refractivity contribution in [2.75, 3.05) is 14.2 Å². The van der Waals surface area contributed by atoms with E-state index < -0.39 is 27.9 Å². The number of nitrogens with zero attached hydrogens (tertiary/aromatic N) is 1. The summed E-state index contributed by atoms with van der Waals surface area (Å²) in [5.41, 5.74) is 1.09. The van der Waals surface area contributed by atoms with Crippen LogP contribution in [-0.4, -0.2) is 38.0 Å². The van der Waals surface area contributed by atoms with E-state index in [-0.39, 0.29) is 11.4 Å². The van der Waals surface area contributed by atoms with Crippen molar-refractivity contribution in [2.24, 2.45) is 0 Å². The van der Waals surface area contributed by atoms with Crippen molar-refractivity contribution < 1.29 is 32.2 Å². The first-order valence-electron chi connectivity index (χ1n) is 9.55. The van der Waals surface area contributed by atoms with Crippen LogP contribution in [0.25, 0.3) is 0 Å². The van der Waals surface area contributed by atoms with E-state index in [9.17, 15) is 22.7 Å². The summed E-state index contributed by atoms with van der Waals surface area (Å²) in [5, 5.41) is 9.58. The van der Waals surface area contributed by atoms with Crippen LogP contribution in [0.2, 0.25) is 0 Å². The van der Waals surface area contributed by atoms with Crippen LogP contribution in [0.4, 0.5) is 4.39 Å². The fourth-order valence-corrected chi connectivity index (χ4v) is 4.16. The lowest BCUT2D eigenvalue weighted by Crippen LogP contribution is -2.26. The zero-order chi connectivity index (χ0) is 23.3. The maximum Gasteiger partial charge on any atom is 0.349 e. The molecule has 7 nitrogen and oxygen atoms in total. The molecule has 0 aliphatic rings. The molecule has 1 unspecified atom stereocenters. The van der Waals surface area contributed by atoms with Crippen LogP contribution in [0.5, 0.6) is 11.5 Å². The maximum absolute atomic E-state index is 13.1. The third kappa shape index (κ3) is 5.43. The number of hydrogen-bond acceptors (Lipinski definition) is 5. The van der Waals surface area contributed by atoms with Gasteiger partial charge in [0, 0.05) is 19.2 Å². The lowest BCUT2D eigenvalue weighted by atomic mass is 10.1. The zero-order valence-electron chi connectivity index (χ0n) is 17.4. The number of carbonyl (C=O) groups is 1. The van der Waals surface area contributed by atoms with Crippen LogP contribution >= 0.6 is 0 Å². The molecule has 1 N–H and O–H groups in total. The van der Waals surface area contributed by atoms with Gasteiger partial charge >= 0.3 is 5.97 Å². The third-order valence-corrected chi connectivity index (χ3v) is 6.54. The quantitative estimate of drug-likeness (QED) is 0.522. The monoisotopic (exact) mass is 459 g/mol. The molecule has 0 bridgehead atoms. The number of carboxylic acids is 1. The normalized spacial score (nSPS) is 12.4. The van der Waals surface area contributed by atoms with Gasteiger partial charge in [-0.15, -0.1) is 0 Å². The standard InChI is InChI=1S/C23H22FNO6S/c1-25(32(28,29)21-12-8-18(24)9-13-21)15-16-6-10-19(11-7-16)31-22(23(26)27)17-4-3-5-20(14-17)30-2/h3-14,22H,15H2,1-2H3,(H,26,27). The van der Waals surface area contributed by atoms with Gasteiger partial charge in [0.05, 0.1) is 12.0 Å². The molecular weight excluding hydrogens is 437 g/mol. The van der Waals surface area contributed by atoms with Gasteiger partial charge in [0.15, 0.2) is 0 Å². The van der Waals surface area contributed by atoms with E-state index in [1.165, 1.54) is 26.3 Å². The molecule has 0 radical (unpaired) electrons. The van der Waals surface area contributed by atoms with Crippen LogP contribution in [0.3, 0.4) is 0 Å². The minimum Gasteiger partial charge on any atom is -0.497 e. The van der Waals surface area contributed by atoms with Gasteiger partial charge in [-0.2, -0.15) is 4.31 Å². The second kappa shape index (κ2) is 9.80. The Bertz CT molecular complexity index is 1180. The largest absolute Gasteiger partial charge is 0.497 e. The molecule has 0 aliphatic carbocycles. The van der Waals surface area contributed by atoms with Gasteiger partial charge in [0.2, 0.25) is 16.1 Å². The van der Waals surface area contributed by atoms with Crippen molar-refractivity contribution in [1.82, 2.24) is 4.31 Å². The Labute approximate surface area is 185 Å². The predicted molar refractivity (Wildman–Crippen MR) is 115 cm³/mol. The maximum atomic E-state index is 13.1. The summed E-state index contributed by atoms with van der Waals surface area (Å²) in [5.74, 6) is -0.852. The number of hydrogen-bond donors (Lipinski definition) is 1. The molecule has 9 heteroatoms. The molecule has 0 heterocycles. The van der Waals surface area contributed by atoms with Gasteiger partial charge in [-0.05, 0) is 54.1 Å². The molecule has 32 heavy (non-hydrogen) atoms. The van der Waals surface area contributed by atoms with Crippen molar-refractivity contribution in [1.29, 1.82) is 0 Å². The predicted octanol–water partition coefficient (Wildman–Crippen LogP) is 3.86. The average Bonchev–Trinajstić information content (AvgIpc) is 2.78. The number of ether oxygens (including phenoxy) is 2. The molecule has 0 amide bonds. The molecule has 3 rings (SSSR count). The highest BCUT2D eigenvalue weighted by Crippen LogP contribution is 2.26. The van der Waals surface area contributed by atoms with Crippen molar-refractivity contribution in [3.05, 3.63) is 89.7 Å². The number of rotatable bonds is 9. The van der Waals surface area contributed by atoms with E-state index in [0.29, 0.717) is 22.6 Å². The molecule has 0 spiro atoms. The first kappa shape index (κ1) is 23.2. The Hall–Kier alpha value is -3.43. The second-order valence-corrected chi connectivity index (χ2v) is 9.02. The minimum atomic E-state index is -3.79. The third-order valence-electron chi connectivity index (χ3n) is 4.73. The average molecular weight is 459 g/mol. The van der Waals surface area contributed by atoms with E-state index in [1.54, 1.807) is 48.5 Å². The molecule has 1 atom stereocenters. The van der Waals surface area contributed by atoms with Crippen molar-refractivity contribution in [2.45, 2.75) is 17.5 Å². The molecule has 0 aromatic heterocycles. The molecule has 3 aromatic rings. The minimum absolute atomic E-state index is 0.0102. The van der Waals surface area contributed by atoms with Gasteiger partial charge in [-0.3, -0.25) is 0 Å². The molecule has 0 aliphatic heterocycles. The zero-order valence-corrected chi connectivity index (χ0v) is 18.3. The Morgan fingerprint density at radius 3 is 2.28 bits per heavy atom. The highest BCUT2D eigenvalue weighted by Gasteiger charge is 2.23. The smallest absolute Gasteiger partial charge is 0.349 e. The van der Waals surface area contributed by atoms with Gasteiger partial charge in [-0.25, -0.2) is 17.6 Å². The molecule has 168 valence electrons. The van der Waals surface area contributed by atoms with Crippen molar-refractivity contribution >= 4 is 16.0 Å². The number of aliphatic carboxylic acids is 1. The van der Waals surface area contributed by atoms with Crippen LogP contribution in [0, 0.1) is 5.82 Å². The topological polar surface area (TPSA) is 93.1 Å². The Morgan fingerprint density at radius 1 is 1.03 bits per heavy atom. The number of halogens is 1. The highest BCUT2D eigenvalue weighted by atomic mass is 32.2. The van der Waals surface area contributed by atoms with E-state index in [0.717, 1.165) is 16.4 Å². The van der Waals surface area contributed by atoms with E-state index in [1.807, 2.05) is 0 Å². The van der Waals surface area contributed by atoms with Gasteiger partial charge in [-0.1, -0.05) is 24.3 Å². The number of methoxy groups -OCH3 is 1. The SMILES string of the molecule is COc1cccc(C(Oc2ccc(CN(C)S(=O)(=O)c3ccc(F)cc3)cc2)C(=O)O)c1. The molecule has 0 saturated heterocycles. The Kier molecular flexibility index (Phi) is 7.12. The lowest BCUT2D eigenvalue weighted by molar-refractivity contribution is -0.145. The van der Waals surface area contributed by atoms with Crippen LogP contribution in [0.15, 0.2) is 77.7 Å². The molecule has 0 fully saturated rings. The summed E-state index contributed by atoms with van der Waals surface area (Å²) in [7, 11) is -0.880. The van der Waals surface area contributed by atoms with Gasteiger partial charge < -0.3 is 14.6 Å². The fraction of sp³-hybridized carbons (Fsp3) is 0.174. The Morgan fingerprint density at radius 2 is 1.69 bits per heavy atom. The fourth-order valence-electron chi connectivity index (χ4n) is 3.00. The summed E-state index contributed by atoms with van der Waals surface area (Å²) in [6.07, 6.45) is -1.24. The molecular formula is C23H22FNO6S. The van der Waals surface area contributed by atoms with Crippen LogP contribution in [0.1, 0.15) is 17.2 Å². The second-order valence-electron chi connectivity index (χ2n) is 6.97. The summed E-state index contributed by atoms with van der Waals surface area (Å²) < 4.78 is 50.3. The first-order valence-corrected chi connectivity index (χ1v) is 11.0. The lowest BCUT2D eigenvalue weighted by Gasteiger charge is -2.18. The van der Waals surface area contributed by atoms with E-state index in [4.69, 9.17) is 9.47 Å². The van der Waals surface area contributed by atoms with Crippen molar-refractivity contribution in [3.63, 3.8) is 0 Å². The molecule has 3 aromatic carbocycles. The highest BCUT2D eigenvalue weighted by molar-refractivity contribution is 7.89. The van der Waals surface area contributed by atoms with Crippen LogP contribution < -0.4 is 9.47 Å². The van der Waals surface area contributed by atoms with E-state index >= 15 is 0 Å². The summed E-state index contributed by atoms with van der Waals surface area (Å²) in [6.45, 7) is 0.0677. The van der Waals surface area contributed by atoms with Gasteiger partial charge in [0.1, 0.15) is 17.3 Å². The summed E-state index contributed by atoms with van der Waals surface area (Å²) >= 11 is 0. The number of carboxylic acid groups (broad SMARTS) is 1. The first-order chi connectivity index (χ1) is 15.2. The van der Waals surface area contributed by atoms with E-state index in [2.05, 4.69) is 0 Å². The molecule has 0 saturated carbocycles. The summed E-state index contributed by atoms with van der Waals surface area (Å²) in [6, 6.07) is 17.6. The number of benzene rings is 3. The Balaban J connectivity index is 1.72. The number of sulfonamides is 1. The van der Waals surface area contributed by atoms with Gasteiger partial charge in [0.25, 0.3) is 0 Å². The van der Waals surface area contributed by atoms with Crippen LogP contribution in [-0.2, 0) is 21.4 Å².